The standard InChI is InChI=1S/C26H37N3O4S/c1-18-14-22(33-7)15-19(2)25(18)34(31,32)29(6)13-11-24(30)27-21-8-9-23-20(16-21)10-12-28(5)17-26(23,3)4/h8-9,14-16H,10-13,17H2,1-7H3,(H,27,30). The second-order valence-corrected chi connectivity index (χ2v) is 11.9. The summed E-state index contributed by atoms with van der Waals surface area (Å²) in [6.07, 6.45) is 0.996. The van der Waals surface area contributed by atoms with E-state index in [1.807, 2.05) is 6.07 Å². The second-order valence-electron chi connectivity index (χ2n) is 9.96. The van der Waals surface area contributed by atoms with Crippen LogP contribution in [-0.2, 0) is 26.7 Å². The second kappa shape index (κ2) is 10.1. The van der Waals surface area contributed by atoms with Crippen LogP contribution in [0.4, 0.5) is 5.69 Å². The van der Waals surface area contributed by atoms with Crippen LogP contribution in [0.5, 0.6) is 5.75 Å². The van der Waals surface area contributed by atoms with E-state index in [0.29, 0.717) is 16.9 Å². The predicted octanol–water partition coefficient (Wildman–Crippen LogP) is 3.73. The SMILES string of the molecule is COc1cc(C)c(S(=O)(=O)N(C)CCC(=O)Nc2ccc3c(c2)CCN(C)CC3(C)C)c(C)c1. The number of carbonyl (C=O) groups excluding carboxylic acids is 1. The van der Waals surface area contributed by atoms with E-state index in [1.54, 1.807) is 33.1 Å². The molecule has 0 bridgehead atoms. The average Bonchev–Trinajstić information content (AvgIpc) is 2.85. The molecule has 8 heteroatoms. The van der Waals surface area contributed by atoms with Crippen molar-refractivity contribution in [1.29, 1.82) is 0 Å². The van der Waals surface area contributed by atoms with Crippen molar-refractivity contribution in [1.82, 2.24) is 9.21 Å². The number of rotatable bonds is 7. The Kier molecular flexibility index (Phi) is 7.75. The number of aryl methyl sites for hydroxylation is 2. The van der Waals surface area contributed by atoms with Crippen molar-refractivity contribution < 1.29 is 17.9 Å². The molecule has 2 aromatic carbocycles. The lowest BCUT2D eigenvalue weighted by molar-refractivity contribution is -0.116. The average molecular weight is 488 g/mol. The van der Waals surface area contributed by atoms with Crippen molar-refractivity contribution in [2.75, 3.05) is 46.2 Å². The maximum Gasteiger partial charge on any atom is 0.243 e. The molecule has 0 radical (unpaired) electrons. The largest absolute Gasteiger partial charge is 0.497 e. The van der Waals surface area contributed by atoms with Crippen LogP contribution in [0.15, 0.2) is 35.2 Å². The topological polar surface area (TPSA) is 79.0 Å². The molecule has 2 aromatic rings. The molecule has 0 spiro atoms. The first kappa shape index (κ1) is 26.2. The Hall–Kier alpha value is -2.42. The number of nitrogens with zero attached hydrogens (tertiary/aromatic N) is 2. The number of anilines is 1. The highest BCUT2D eigenvalue weighted by Crippen LogP contribution is 2.32. The van der Waals surface area contributed by atoms with E-state index in [1.165, 1.54) is 22.5 Å². The van der Waals surface area contributed by atoms with Gasteiger partial charge in [0, 0.05) is 44.2 Å². The van der Waals surface area contributed by atoms with Crippen LogP contribution in [0, 0.1) is 13.8 Å². The van der Waals surface area contributed by atoms with Gasteiger partial charge in [0.15, 0.2) is 0 Å². The summed E-state index contributed by atoms with van der Waals surface area (Å²) in [6.45, 7) is 10.0. The molecule has 0 aliphatic carbocycles. The van der Waals surface area contributed by atoms with Gasteiger partial charge in [0.05, 0.1) is 12.0 Å². The monoisotopic (exact) mass is 487 g/mol. The summed E-state index contributed by atoms with van der Waals surface area (Å²) in [6, 6.07) is 9.51. The maximum absolute atomic E-state index is 13.2. The van der Waals surface area contributed by atoms with Crippen molar-refractivity contribution in [3.8, 4) is 5.75 Å². The predicted molar refractivity (Wildman–Crippen MR) is 136 cm³/mol. The fourth-order valence-corrected chi connectivity index (χ4v) is 6.46. The Morgan fingerprint density at radius 2 is 1.82 bits per heavy atom. The van der Waals surface area contributed by atoms with Crippen LogP contribution >= 0.6 is 0 Å². The Bertz CT molecular complexity index is 1150. The number of nitrogens with one attached hydrogen (secondary N) is 1. The Labute approximate surface area is 204 Å². The zero-order chi connectivity index (χ0) is 25.3. The van der Waals surface area contributed by atoms with E-state index >= 15 is 0 Å². The number of carbonyl (C=O) groups is 1. The molecule has 0 saturated heterocycles. The normalized spacial score (nSPS) is 16.1. The van der Waals surface area contributed by atoms with E-state index in [2.05, 4.69) is 43.2 Å². The molecule has 7 nitrogen and oxygen atoms in total. The van der Waals surface area contributed by atoms with Crippen LogP contribution in [0.2, 0.25) is 0 Å². The van der Waals surface area contributed by atoms with Crippen LogP contribution in [-0.4, -0.2) is 64.4 Å². The van der Waals surface area contributed by atoms with Crippen molar-refractivity contribution in [3.63, 3.8) is 0 Å². The highest BCUT2D eigenvalue weighted by Gasteiger charge is 2.29. The van der Waals surface area contributed by atoms with E-state index in [4.69, 9.17) is 4.74 Å². The van der Waals surface area contributed by atoms with Gasteiger partial charge in [-0.3, -0.25) is 4.79 Å². The molecule has 186 valence electrons. The van der Waals surface area contributed by atoms with Gasteiger partial charge in [-0.1, -0.05) is 19.9 Å². The van der Waals surface area contributed by atoms with E-state index in [0.717, 1.165) is 25.2 Å². The van der Waals surface area contributed by atoms with Crippen molar-refractivity contribution in [3.05, 3.63) is 52.6 Å². The zero-order valence-corrected chi connectivity index (χ0v) is 22.2. The minimum absolute atomic E-state index is 0.0396. The number of ether oxygens (including phenoxy) is 1. The van der Waals surface area contributed by atoms with E-state index in [-0.39, 0.29) is 29.2 Å². The van der Waals surface area contributed by atoms with Gasteiger partial charge in [-0.05, 0) is 73.8 Å². The van der Waals surface area contributed by atoms with Gasteiger partial charge in [0.2, 0.25) is 15.9 Å². The third-order valence-corrected chi connectivity index (χ3v) is 8.70. The van der Waals surface area contributed by atoms with Gasteiger partial charge in [0.25, 0.3) is 0 Å². The quantitative estimate of drug-likeness (QED) is 0.644. The van der Waals surface area contributed by atoms with Crippen LogP contribution in [0.1, 0.15) is 42.5 Å². The summed E-state index contributed by atoms with van der Waals surface area (Å²) in [4.78, 5) is 15.2. The molecule has 1 aliphatic rings. The lowest BCUT2D eigenvalue weighted by atomic mass is 9.81. The summed E-state index contributed by atoms with van der Waals surface area (Å²) in [5.74, 6) is 0.405. The fraction of sp³-hybridized carbons (Fsp3) is 0.500. The van der Waals surface area contributed by atoms with Crippen molar-refractivity contribution in [2.24, 2.45) is 0 Å². The van der Waals surface area contributed by atoms with Gasteiger partial charge < -0.3 is 15.0 Å². The molecule has 0 aromatic heterocycles. The van der Waals surface area contributed by atoms with Crippen LogP contribution < -0.4 is 10.1 Å². The number of sulfonamides is 1. The Morgan fingerprint density at radius 3 is 2.44 bits per heavy atom. The van der Waals surface area contributed by atoms with Gasteiger partial charge in [-0.15, -0.1) is 0 Å². The van der Waals surface area contributed by atoms with Gasteiger partial charge >= 0.3 is 0 Å². The molecular weight excluding hydrogens is 450 g/mol. The molecule has 34 heavy (non-hydrogen) atoms. The summed E-state index contributed by atoms with van der Waals surface area (Å²) in [5, 5.41) is 2.94. The summed E-state index contributed by atoms with van der Waals surface area (Å²) < 4.78 is 32.8. The Balaban J connectivity index is 1.68. The summed E-state index contributed by atoms with van der Waals surface area (Å²) in [5.41, 5.74) is 4.58. The van der Waals surface area contributed by atoms with Crippen LogP contribution in [0.3, 0.4) is 0 Å². The minimum atomic E-state index is -3.74. The number of hydrogen-bond acceptors (Lipinski definition) is 5. The van der Waals surface area contributed by atoms with Crippen molar-refractivity contribution >= 4 is 21.6 Å². The lowest BCUT2D eigenvalue weighted by Gasteiger charge is -2.28. The third kappa shape index (κ3) is 5.62. The molecule has 1 N–H and O–H groups in total. The number of amides is 1. The first-order chi connectivity index (χ1) is 15.8. The highest BCUT2D eigenvalue weighted by atomic mass is 32.2. The van der Waals surface area contributed by atoms with Gasteiger partial charge in [-0.25, -0.2) is 12.7 Å². The number of fused-ring (bicyclic) bond motifs is 1. The molecule has 1 aliphatic heterocycles. The fourth-order valence-electron chi connectivity index (χ4n) is 4.88. The summed E-state index contributed by atoms with van der Waals surface area (Å²) >= 11 is 0. The molecule has 1 amide bonds. The highest BCUT2D eigenvalue weighted by molar-refractivity contribution is 7.89. The van der Waals surface area contributed by atoms with Gasteiger partial charge in [-0.2, -0.15) is 0 Å². The number of hydrogen-bond donors (Lipinski definition) is 1. The van der Waals surface area contributed by atoms with Gasteiger partial charge in [0.1, 0.15) is 5.75 Å². The van der Waals surface area contributed by atoms with E-state index < -0.39 is 10.0 Å². The number of methoxy groups -OCH3 is 1. The minimum Gasteiger partial charge on any atom is -0.497 e. The van der Waals surface area contributed by atoms with E-state index in [9.17, 15) is 13.2 Å². The lowest BCUT2D eigenvalue weighted by Crippen LogP contribution is -2.33. The first-order valence-electron chi connectivity index (χ1n) is 11.6. The molecule has 0 fully saturated rings. The zero-order valence-electron chi connectivity index (χ0n) is 21.4. The molecule has 0 saturated carbocycles. The smallest absolute Gasteiger partial charge is 0.243 e. The first-order valence-corrected chi connectivity index (χ1v) is 13.0. The maximum atomic E-state index is 13.2. The van der Waals surface area contributed by atoms with Crippen LogP contribution in [0.25, 0.3) is 0 Å². The molecule has 3 rings (SSSR count). The number of likely N-dealkylation sites (N-methyl/N-ethyl adjacent to an activating group) is 1. The van der Waals surface area contributed by atoms with Crippen molar-refractivity contribution in [2.45, 2.75) is 50.8 Å². The summed E-state index contributed by atoms with van der Waals surface area (Å²) in [7, 11) is 1.46. The molecule has 0 atom stereocenters. The number of benzene rings is 2. The Morgan fingerprint density at radius 1 is 1.18 bits per heavy atom. The molecule has 1 heterocycles. The molecule has 0 unspecified atom stereocenters. The third-order valence-electron chi connectivity index (χ3n) is 6.54. The molecular formula is C26H37N3O4S.